The van der Waals surface area contributed by atoms with Gasteiger partial charge in [0.05, 0.1) is 0 Å². The van der Waals surface area contributed by atoms with E-state index in [0.717, 1.165) is 25.8 Å². The summed E-state index contributed by atoms with van der Waals surface area (Å²) in [7, 11) is 4.04. The number of nitrogens with one attached hydrogen (secondary N) is 1. The molecule has 2 rings (SSSR count). The number of anilines is 1. The summed E-state index contributed by atoms with van der Waals surface area (Å²) in [5.74, 6) is 0.234. The van der Waals surface area contributed by atoms with E-state index in [9.17, 15) is 9.90 Å². The third-order valence-corrected chi connectivity index (χ3v) is 4.21. The van der Waals surface area contributed by atoms with Gasteiger partial charge in [0, 0.05) is 46.0 Å². The van der Waals surface area contributed by atoms with Gasteiger partial charge in [-0.05, 0) is 42.9 Å². The Hall–Kier alpha value is -1.75. The van der Waals surface area contributed by atoms with E-state index in [1.54, 1.807) is 0 Å². The molecule has 2 N–H and O–H groups in total. The van der Waals surface area contributed by atoms with E-state index in [-0.39, 0.29) is 18.6 Å². The molecule has 1 aromatic rings. The van der Waals surface area contributed by atoms with Crippen LogP contribution in [0.2, 0.25) is 0 Å². The van der Waals surface area contributed by atoms with Gasteiger partial charge in [-0.1, -0.05) is 12.1 Å². The maximum Gasteiger partial charge on any atom is 0.317 e. The Morgan fingerprint density at radius 3 is 2.73 bits per heavy atom. The monoisotopic (exact) mass is 305 g/mol. The van der Waals surface area contributed by atoms with Crippen molar-refractivity contribution in [3.63, 3.8) is 0 Å². The zero-order valence-electron chi connectivity index (χ0n) is 13.6. The van der Waals surface area contributed by atoms with Gasteiger partial charge in [0.25, 0.3) is 0 Å². The van der Waals surface area contributed by atoms with Crippen LogP contribution in [0.5, 0.6) is 0 Å². The van der Waals surface area contributed by atoms with Crippen molar-refractivity contribution >= 4 is 11.7 Å². The smallest absolute Gasteiger partial charge is 0.317 e. The van der Waals surface area contributed by atoms with E-state index >= 15 is 0 Å². The molecule has 1 aromatic carbocycles. The number of hydrogen-bond acceptors (Lipinski definition) is 3. The summed E-state index contributed by atoms with van der Waals surface area (Å²) in [6, 6.07) is 8.37. The first kappa shape index (κ1) is 16.6. The van der Waals surface area contributed by atoms with Gasteiger partial charge in [-0.3, -0.25) is 0 Å². The molecular formula is C17H27N3O2. The molecule has 22 heavy (non-hydrogen) atoms. The van der Waals surface area contributed by atoms with Crippen molar-refractivity contribution in [3.05, 3.63) is 29.8 Å². The molecule has 5 nitrogen and oxygen atoms in total. The number of likely N-dealkylation sites (tertiary alicyclic amines) is 1. The summed E-state index contributed by atoms with van der Waals surface area (Å²) < 4.78 is 0. The Kier molecular flexibility index (Phi) is 6.07. The molecule has 5 heteroatoms. The third kappa shape index (κ3) is 4.63. The van der Waals surface area contributed by atoms with Gasteiger partial charge >= 0.3 is 6.03 Å². The van der Waals surface area contributed by atoms with Crippen molar-refractivity contribution in [1.29, 1.82) is 0 Å². The van der Waals surface area contributed by atoms with Gasteiger partial charge in [-0.2, -0.15) is 0 Å². The summed E-state index contributed by atoms with van der Waals surface area (Å²) >= 11 is 0. The lowest BCUT2D eigenvalue weighted by Crippen LogP contribution is -2.46. The van der Waals surface area contributed by atoms with Crippen LogP contribution in [0.4, 0.5) is 10.5 Å². The highest BCUT2D eigenvalue weighted by atomic mass is 16.3. The van der Waals surface area contributed by atoms with Crippen LogP contribution in [0.3, 0.4) is 0 Å². The Bertz CT molecular complexity index is 473. The number of carbonyl (C=O) groups excluding carboxylic acids is 1. The lowest BCUT2D eigenvalue weighted by molar-refractivity contribution is 0.129. The predicted molar refractivity (Wildman–Crippen MR) is 89.3 cm³/mol. The largest absolute Gasteiger partial charge is 0.396 e. The van der Waals surface area contributed by atoms with Gasteiger partial charge in [-0.15, -0.1) is 0 Å². The molecule has 1 heterocycles. The number of amides is 2. The Morgan fingerprint density at radius 1 is 1.36 bits per heavy atom. The van der Waals surface area contributed by atoms with Crippen molar-refractivity contribution in [3.8, 4) is 0 Å². The number of urea groups is 1. The van der Waals surface area contributed by atoms with Crippen LogP contribution in [0.15, 0.2) is 24.3 Å². The minimum atomic E-state index is -0.0111. The molecule has 1 fully saturated rings. The van der Waals surface area contributed by atoms with Gasteiger partial charge in [-0.25, -0.2) is 4.79 Å². The lowest BCUT2D eigenvalue weighted by atomic mass is 9.99. The second-order valence-electron chi connectivity index (χ2n) is 6.18. The molecule has 1 atom stereocenters. The van der Waals surface area contributed by atoms with Crippen LogP contribution < -0.4 is 10.2 Å². The number of piperidine rings is 1. The first-order valence-corrected chi connectivity index (χ1v) is 8.00. The van der Waals surface area contributed by atoms with Crippen molar-refractivity contribution < 1.29 is 9.90 Å². The first-order chi connectivity index (χ1) is 10.6. The van der Waals surface area contributed by atoms with E-state index in [1.807, 2.05) is 19.0 Å². The average Bonchev–Trinajstić information content (AvgIpc) is 2.55. The van der Waals surface area contributed by atoms with Crippen LogP contribution >= 0.6 is 0 Å². The van der Waals surface area contributed by atoms with Gasteiger partial charge in [0.15, 0.2) is 0 Å². The number of nitrogens with zero attached hydrogens (tertiary/aromatic N) is 2. The molecule has 0 radical (unpaired) electrons. The third-order valence-electron chi connectivity index (χ3n) is 4.21. The highest BCUT2D eigenvalue weighted by Gasteiger charge is 2.22. The molecule has 2 amide bonds. The van der Waals surface area contributed by atoms with Crippen molar-refractivity contribution in [1.82, 2.24) is 10.2 Å². The number of rotatable bonds is 5. The Balaban J connectivity index is 1.74. The number of hydrogen-bond donors (Lipinski definition) is 2. The summed E-state index contributed by atoms with van der Waals surface area (Å²) in [4.78, 5) is 16.0. The Morgan fingerprint density at radius 2 is 2.09 bits per heavy atom. The van der Waals surface area contributed by atoms with E-state index in [2.05, 4.69) is 34.5 Å². The molecule has 122 valence electrons. The molecule has 0 bridgehead atoms. The Labute approximate surface area is 132 Å². The minimum Gasteiger partial charge on any atom is -0.396 e. The fourth-order valence-electron chi connectivity index (χ4n) is 2.78. The van der Waals surface area contributed by atoms with E-state index < -0.39 is 0 Å². The number of benzene rings is 1. The SMILES string of the molecule is CN(C)c1ccc(CCNC(=O)N2CCC[C@H](CO)C2)cc1. The lowest BCUT2D eigenvalue weighted by Gasteiger charge is -2.31. The summed E-state index contributed by atoms with van der Waals surface area (Å²) in [5, 5.41) is 12.2. The standard InChI is InChI=1S/C17H27N3O2/c1-19(2)16-7-5-14(6-8-16)9-10-18-17(22)20-11-3-4-15(12-20)13-21/h5-8,15,21H,3-4,9-13H2,1-2H3,(H,18,22)/t15-/m0/s1. The summed E-state index contributed by atoms with van der Waals surface area (Å²) in [6.07, 6.45) is 2.82. The molecule has 0 aromatic heterocycles. The van der Waals surface area contributed by atoms with Gasteiger partial charge < -0.3 is 20.2 Å². The fraction of sp³-hybridized carbons (Fsp3) is 0.588. The molecule has 0 spiro atoms. The summed E-state index contributed by atoms with van der Waals surface area (Å²) in [6.45, 7) is 2.27. The zero-order valence-corrected chi connectivity index (χ0v) is 13.6. The van der Waals surface area contributed by atoms with Crippen molar-refractivity contribution in [2.45, 2.75) is 19.3 Å². The number of aliphatic hydroxyl groups excluding tert-OH is 1. The fourth-order valence-corrected chi connectivity index (χ4v) is 2.78. The topological polar surface area (TPSA) is 55.8 Å². The second kappa shape index (κ2) is 8.03. The molecule has 0 saturated carbocycles. The summed E-state index contributed by atoms with van der Waals surface area (Å²) in [5.41, 5.74) is 2.40. The van der Waals surface area contributed by atoms with Gasteiger partial charge in [0.1, 0.15) is 0 Å². The van der Waals surface area contributed by atoms with E-state index in [4.69, 9.17) is 0 Å². The number of carbonyl (C=O) groups is 1. The van der Waals surface area contributed by atoms with Crippen molar-refractivity contribution in [2.24, 2.45) is 5.92 Å². The normalized spacial score (nSPS) is 18.1. The number of aliphatic hydroxyl groups is 1. The van der Waals surface area contributed by atoms with Crippen LogP contribution in [-0.2, 0) is 6.42 Å². The maximum absolute atomic E-state index is 12.1. The zero-order chi connectivity index (χ0) is 15.9. The average molecular weight is 305 g/mol. The molecule has 1 saturated heterocycles. The quantitative estimate of drug-likeness (QED) is 0.871. The molecule has 0 aliphatic carbocycles. The van der Waals surface area contributed by atoms with Gasteiger partial charge in [0.2, 0.25) is 0 Å². The van der Waals surface area contributed by atoms with Crippen LogP contribution in [0.1, 0.15) is 18.4 Å². The van der Waals surface area contributed by atoms with Crippen molar-refractivity contribution in [2.75, 3.05) is 45.2 Å². The molecule has 1 aliphatic rings. The van der Waals surface area contributed by atoms with E-state index in [0.29, 0.717) is 13.1 Å². The molecular weight excluding hydrogens is 278 g/mol. The molecule has 1 aliphatic heterocycles. The second-order valence-corrected chi connectivity index (χ2v) is 6.18. The minimum absolute atomic E-state index is 0.0111. The van der Waals surface area contributed by atoms with Crippen LogP contribution in [0, 0.1) is 5.92 Å². The molecule has 0 unspecified atom stereocenters. The predicted octanol–water partition coefficient (Wildman–Crippen LogP) is 1.71. The van der Waals surface area contributed by atoms with Crippen LogP contribution in [-0.4, -0.2) is 56.4 Å². The van der Waals surface area contributed by atoms with Crippen LogP contribution in [0.25, 0.3) is 0 Å². The van der Waals surface area contributed by atoms with E-state index in [1.165, 1.54) is 11.3 Å². The first-order valence-electron chi connectivity index (χ1n) is 8.00. The highest BCUT2D eigenvalue weighted by Crippen LogP contribution is 2.16. The highest BCUT2D eigenvalue weighted by molar-refractivity contribution is 5.74. The maximum atomic E-state index is 12.1.